The molecule has 0 bridgehead atoms. The standard InChI is InChI=1S/C14H9ClFNO/c1-9-2-4-12(16)14(6-9)18-13-5-3-11(15)7-10(13)8-17/h2-7H,1H3. The Balaban J connectivity index is 2.40. The van der Waals surface area contributed by atoms with Gasteiger partial charge in [0.1, 0.15) is 11.8 Å². The van der Waals surface area contributed by atoms with Gasteiger partial charge in [0.25, 0.3) is 0 Å². The van der Waals surface area contributed by atoms with Crippen molar-refractivity contribution in [1.29, 1.82) is 5.26 Å². The highest BCUT2D eigenvalue weighted by Gasteiger charge is 2.09. The summed E-state index contributed by atoms with van der Waals surface area (Å²) in [5.41, 5.74) is 1.14. The lowest BCUT2D eigenvalue weighted by Crippen LogP contribution is -1.92. The van der Waals surface area contributed by atoms with Crippen molar-refractivity contribution in [2.75, 3.05) is 0 Å². The van der Waals surface area contributed by atoms with Crippen LogP contribution in [0.4, 0.5) is 4.39 Å². The Morgan fingerprint density at radius 3 is 2.67 bits per heavy atom. The van der Waals surface area contributed by atoms with E-state index in [0.29, 0.717) is 5.02 Å². The summed E-state index contributed by atoms with van der Waals surface area (Å²) in [4.78, 5) is 0. The fourth-order valence-electron chi connectivity index (χ4n) is 1.49. The predicted octanol–water partition coefficient (Wildman–Crippen LogP) is 4.45. The molecule has 0 saturated heterocycles. The molecular weight excluding hydrogens is 253 g/mol. The molecule has 0 spiro atoms. The molecule has 2 aromatic rings. The van der Waals surface area contributed by atoms with Crippen molar-refractivity contribution in [3.05, 3.63) is 58.4 Å². The van der Waals surface area contributed by atoms with E-state index < -0.39 is 5.82 Å². The van der Waals surface area contributed by atoms with Crippen molar-refractivity contribution in [1.82, 2.24) is 0 Å². The summed E-state index contributed by atoms with van der Waals surface area (Å²) in [5.74, 6) is -0.0975. The van der Waals surface area contributed by atoms with Crippen molar-refractivity contribution in [2.24, 2.45) is 0 Å². The molecule has 0 saturated carbocycles. The number of benzene rings is 2. The lowest BCUT2D eigenvalue weighted by Gasteiger charge is -2.09. The Kier molecular flexibility index (Phi) is 3.50. The van der Waals surface area contributed by atoms with Crippen molar-refractivity contribution in [3.63, 3.8) is 0 Å². The molecule has 0 unspecified atom stereocenters. The number of nitrogens with zero attached hydrogens (tertiary/aromatic N) is 1. The first-order chi connectivity index (χ1) is 8.60. The highest BCUT2D eigenvalue weighted by atomic mass is 35.5. The molecular formula is C14H9ClFNO. The molecule has 0 N–H and O–H groups in total. The van der Waals surface area contributed by atoms with Gasteiger partial charge in [0.2, 0.25) is 0 Å². The van der Waals surface area contributed by atoms with Crippen LogP contribution in [-0.2, 0) is 0 Å². The first-order valence-electron chi connectivity index (χ1n) is 5.24. The van der Waals surface area contributed by atoms with Crippen LogP contribution in [0.15, 0.2) is 36.4 Å². The third-order valence-electron chi connectivity index (χ3n) is 2.37. The molecule has 0 aliphatic rings. The molecule has 0 amide bonds. The molecule has 18 heavy (non-hydrogen) atoms. The molecule has 0 fully saturated rings. The minimum absolute atomic E-state index is 0.0915. The van der Waals surface area contributed by atoms with Gasteiger partial charge >= 0.3 is 0 Å². The van der Waals surface area contributed by atoms with Gasteiger partial charge in [-0.25, -0.2) is 4.39 Å². The number of aryl methyl sites for hydroxylation is 1. The van der Waals surface area contributed by atoms with Crippen LogP contribution < -0.4 is 4.74 Å². The maximum atomic E-state index is 13.5. The number of nitriles is 1. The third-order valence-corrected chi connectivity index (χ3v) is 2.60. The number of rotatable bonds is 2. The zero-order valence-corrected chi connectivity index (χ0v) is 10.3. The zero-order chi connectivity index (χ0) is 13.1. The average molecular weight is 262 g/mol. The Labute approximate surface area is 109 Å². The van der Waals surface area contributed by atoms with E-state index >= 15 is 0 Å². The van der Waals surface area contributed by atoms with Gasteiger partial charge in [-0.1, -0.05) is 17.7 Å². The lowest BCUT2D eigenvalue weighted by molar-refractivity contribution is 0.440. The second-order valence-corrected chi connectivity index (χ2v) is 4.22. The minimum atomic E-state index is -0.473. The van der Waals surface area contributed by atoms with Crippen LogP contribution in [0.3, 0.4) is 0 Å². The Morgan fingerprint density at radius 1 is 1.17 bits per heavy atom. The third kappa shape index (κ3) is 2.61. The Hall–Kier alpha value is -2.05. The van der Waals surface area contributed by atoms with Crippen molar-refractivity contribution in [3.8, 4) is 17.6 Å². The molecule has 0 aromatic heterocycles. The molecule has 2 nitrogen and oxygen atoms in total. The van der Waals surface area contributed by atoms with Crippen LogP contribution in [0.2, 0.25) is 5.02 Å². The zero-order valence-electron chi connectivity index (χ0n) is 9.58. The van der Waals surface area contributed by atoms with Gasteiger partial charge in [-0.05, 0) is 42.8 Å². The van der Waals surface area contributed by atoms with Crippen LogP contribution in [0.1, 0.15) is 11.1 Å². The summed E-state index contributed by atoms with van der Waals surface area (Å²) in [6, 6.07) is 11.1. The summed E-state index contributed by atoms with van der Waals surface area (Å²) in [5, 5.41) is 9.40. The molecule has 0 radical (unpaired) electrons. The maximum absolute atomic E-state index is 13.5. The fraction of sp³-hybridized carbons (Fsp3) is 0.0714. The molecule has 2 rings (SSSR count). The van der Waals surface area contributed by atoms with Gasteiger partial charge in [-0.3, -0.25) is 0 Å². The van der Waals surface area contributed by atoms with Crippen LogP contribution in [0.25, 0.3) is 0 Å². The SMILES string of the molecule is Cc1ccc(F)c(Oc2ccc(Cl)cc2C#N)c1. The summed E-state index contributed by atoms with van der Waals surface area (Å²) in [7, 11) is 0. The fourth-order valence-corrected chi connectivity index (χ4v) is 1.66. The van der Waals surface area contributed by atoms with E-state index in [2.05, 4.69) is 0 Å². The van der Waals surface area contributed by atoms with Gasteiger partial charge in [0.05, 0.1) is 5.56 Å². The number of hydrogen-bond acceptors (Lipinski definition) is 2. The van der Waals surface area contributed by atoms with E-state index in [-0.39, 0.29) is 17.1 Å². The van der Waals surface area contributed by atoms with Crippen molar-refractivity contribution < 1.29 is 9.13 Å². The first kappa shape index (κ1) is 12.4. The van der Waals surface area contributed by atoms with Crippen molar-refractivity contribution in [2.45, 2.75) is 6.92 Å². The monoisotopic (exact) mass is 261 g/mol. The van der Waals surface area contributed by atoms with E-state index in [1.807, 2.05) is 13.0 Å². The summed E-state index contributed by atoms with van der Waals surface area (Å²) >= 11 is 5.77. The summed E-state index contributed by atoms with van der Waals surface area (Å²) < 4.78 is 18.9. The van der Waals surface area contributed by atoms with E-state index in [1.165, 1.54) is 12.1 Å². The second-order valence-electron chi connectivity index (χ2n) is 3.79. The minimum Gasteiger partial charge on any atom is -0.453 e. The van der Waals surface area contributed by atoms with Gasteiger partial charge in [-0.15, -0.1) is 0 Å². The van der Waals surface area contributed by atoms with Gasteiger partial charge in [-0.2, -0.15) is 5.26 Å². The number of ether oxygens (including phenoxy) is 1. The topological polar surface area (TPSA) is 33.0 Å². The van der Waals surface area contributed by atoms with E-state index in [9.17, 15) is 4.39 Å². The number of halogens is 2. The first-order valence-corrected chi connectivity index (χ1v) is 5.61. The van der Waals surface area contributed by atoms with Crippen LogP contribution >= 0.6 is 11.6 Å². The van der Waals surface area contributed by atoms with E-state index in [4.69, 9.17) is 21.6 Å². The quantitative estimate of drug-likeness (QED) is 0.800. The van der Waals surface area contributed by atoms with E-state index in [0.717, 1.165) is 5.56 Å². The molecule has 4 heteroatoms. The second kappa shape index (κ2) is 5.07. The lowest BCUT2D eigenvalue weighted by atomic mass is 10.2. The Morgan fingerprint density at radius 2 is 1.94 bits per heavy atom. The molecule has 0 aliphatic carbocycles. The smallest absolute Gasteiger partial charge is 0.165 e. The number of hydrogen-bond donors (Lipinski definition) is 0. The van der Waals surface area contributed by atoms with Crippen LogP contribution in [0.5, 0.6) is 11.5 Å². The molecule has 0 aliphatic heterocycles. The van der Waals surface area contributed by atoms with E-state index in [1.54, 1.807) is 24.3 Å². The molecule has 2 aromatic carbocycles. The summed E-state index contributed by atoms with van der Waals surface area (Å²) in [6.45, 7) is 1.83. The van der Waals surface area contributed by atoms with Gasteiger partial charge in [0.15, 0.2) is 11.6 Å². The highest BCUT2D eigenvalue weighted by molar-refractivity contribution is 6.30. The van der Waals surface area contributed by atoms with Gasteiger partial charge < -0.3 is 4.74 Å². The van der Waals surface area contributed by atoms with Crippen LogP contribution in [0, 0.1) is 24.1 Å². The highest BCUT2D eigenvalue weighted by Crippen LogP contribution is 2.29. The molecule has 0 heterocycles. The predicted molar refractivity (Wildman–Crippen MR) is 67.4 cm³/mol. The summed E-state index contributed by atoms with van der Waals surface area (Å²) in [6.07, 6.45) is 0. The largest absolute Gasteiger partial charge is 0.453 e. The molecule has 0 atom stereocenters. The Bertz CT molecular complexity index is 634. The maximum Gasteiger partial charge on any atom is 0.165 e. The van der Waals surface area contributed by atoms with Crippen molar-refractivity contribution >= 4 is 11.6 Å². The normalized spacial score (nSPS) is 9.89. The van der Waals surface area contributed by atoms with Crippen LogP contribution in [-0.4, -0.2) is 0 Å². The molecule has 90 valence electrons. The van der Waals surface area contributed by atoms with Gasteiger partial charge in [0, 0.05) is 5.02 Å². The average Bonchev–Trinajstić information content (AvgIpc) is 2.36.